The van der Waals surface area contributed by atoms with Gasteiger partial charge in [0.05, 0.1) is 5.70 Å². The summed E-state index contributed by atoms with van der Waals surface area (Å²) >= 11 is 0. The molecule has 0 aromatic rings. The van der Waals surface area contributed by atoms with Gasteiger partial charge in [-0.15, -0.1) is 0 Å². The number of aldehydes is 1. The van der Waals surface area contributed by atoms with Crippen LogP contribution in [-0.2, 0) is 14.4 Å². The van der Waals surface area contributed by atoms with Crippen molar-refractivity contribution in [1.82, 2.24) is 0 Å². The molecule has 0 aliphatic heterocycles. The van der Waals surface area contributed by atoms with Crippen LogP contribution in [0.2, 0.25) is 0 Å². The number of hydrogen-bond acceptors (Lipinski definition) is 5. The molecule has 0 saturated heterocycles. The lowest BCUT2D eigenvalue weighted by molar-refractivity contribution is -0.111. The minimum absolute atomic E-state index is 0.259. The number of isocyanates is 2. The third kappa shape index (κ3) is 2.05. The monoisotopic (exact) mass is 204 g/mol. The maximum atomic E-state index is 10.9. The van der Waals surface area contributed by atoms with E-state index in [1.807, 2.05) is 0 Å². The summed E-state index contributed by atoms with van der Waals surface area (Å²) in [4.78, 5) is 38.0. The lowest BCUT2D eigenvalue weighted by Gasteiger charge is -2.25. The smallest absolute Gasteiger partial charge is 0.240 e. The van der Waals surface area contributed by atoms with Crippen LogP contribution in [-0.4, -0.2) is 24.0 Å². The highest BCUT2D eigenvalue weighted by Gasteiger charge is 2.35. The molecular formula is C10H8N2O3. The van der Waals surface area contributed by atoms with E-state index in [4.69, 9.17) is 0 Å². The van der Waals surface area contributed by atoms with Crippen molar-refractivity contribution in [3.8, 4) is 0 Å². The van der Waals surface area contributed by atoms with Crippen molar-refractivity contribution >= 4 is 18.4 Å². The minimum atomic E-state index is -1.30. The Morgan fingerprint density at radius 3 is 2.73 bits per heavy atom. The number of carbonyl (C=O) groups excluding carboxylic acids is 3. The summed E-state index contributed by atoms with van der Waals surface area (Å²) in [6.45, 7) is 1.73. The zero-order valence-electron chi connectivity index (χ0n) is 8.01. The van der Waals surface area contributed by atoms with Crippen LogP contribution in [0.3, 0.4) is 0 Å². The fourth-order valence-corrected chi connectivity index (χ4v) is 1.32. The summed E-state index contributed by atoms with van der Waals surface area (Å²) in [5.41, 5.74) is -1.04. The van der Waals surface area contributed by atoms with Crippen molar-refractivity contribution in [2.24, 2.45) is 15.9 Å². The van der Waals surface area contributed by atoms with Crippen LogP contribution in [0.5, 0.6) is 0 Å². The van der Waals surface area contributed by atoms with Gasteiger partial charge in [0.15, 0.2) is 11.8 Å². The first-order valence-corrected chi connectivity index (χ1v) is 4.23. The Kier molecular flexibility index (Phi) is 3.24. The molecular weight excluding hydrogens is 196 g/mol. The molecule has 5 heteroatoms. The summed E-state index contributed by atoms with van der Waals surface area (Å²) in [6, 6.07) is 0. The standard InChI is InChI=1S/C10H8N2O3/c1-8-2-3-9(11-6-14)4-10(8,5-13)12-7-15/h2-5,8H,1H3. The Bertz CT molecular complexity index is 426. The summed E-state index contributed by atoms with van der Waals surface area (Å²) in [7, 11) is 0. The second-order valence-electron chi connectivity index (χ2n) is 3.13. The largest absolute Gasteiger partial charge is 0.300 e. The molecule has 15 heavy (non-hydrogen) atoms. The molecule has 0 aromatic heterocycles. The van der Waals surface area contributed by atoms with E-state index in [0.29, 0.717) is 6.29 Å². The average Bonchev–Trinajstić information content (AvgIpc) is 2.24. The van der Waals surface area contributed by atoms with E-state index in [-0.39, 0.29) is 11.6 Å². The Balaban J connectivity index is 3.26. The van der Waals surface area contributed by atoms with Gasteiger partial charge in [0.2, 0.25) is 12.2 Å². The third-order valence-electron chi connectivity index (χ3n) is 2.27. The number of rotatable bonds is 3. The Morgan fingerprint density at radius 1 is 1.47 bits per heavy atom. The van der Waals surface area contributed by atoms with Gasteiger partial charge in [0.25, 0.3) is 0 Å². The maximum absolute atomic E-state index is 10.9. The van der Waals surface area contributed by atoms with Crippen LogP contribution in [0.4, 0.5) is 0 Å². The van der Waals surface area contributed by atoms with Crippen LogP contribution >= 0.6 is 0 Å². The molecule has 1 aliphatic rings. The van der Waals surface area contributed by atoms with E-state index in [2.05, 4.69) is 9.98 Å². The molecule has 5 nitrogen and oxygen atoms in total. The number of carbonyl (C=O) groups is 1. The first-order valence-electron chi connectivity index (χ1n) is 4.23. The van der Waals surface area contributed by atoms with Crippen molar-refractivity contribution in [3.05, 3.63) is 23.9 Å². The van der Waals surface area contributed by atoms with E-state index in [1.54, 1.807) is 19.1 Å². The molecule has 2 unspecified atom stereocenters. The zero-order chi connectivity index (χ0) is 11.3. The fourth-order valence-electron chi connectivity index (χ4n) is 1.32. The number of aliphatic imine (C=N–C) groups is 2. The van der Waals surface area contributed by atoms with Gasteiger partial charge < -0.3 is 4.79 Å². The molecule has 2 atom stereocenters. The van der Waals surface area contributed by atoms with Crippen molar-refractivity contribution in [1.29, 1.82) is 0 Å². The van der Waals surface area contributed by atoms with Gasteiger partial charge in [0.1, 0.15) is 0 Å². The van der Waals surface area contributed by atoms with E-state index >= 15 is 0 Å². The normalized spacial score (nSPS) is 28.3. The maximum Gasteiger partial charge on any atom is 0.240 e. The lowest BCUT2D eigenvalue weighted by atomic mass is 9.83. The van der Waals surface area contributed by atoms with Crippen molar-refractivity contribution in [2.45, 2.75) is 12.5 Å². The van der Waals surface area contributed by atoms with Crippen LogP contribution in [0, 0.1) is 5.92 Å². The average molecular weight is 204 g/mol. The topological polar surface area (TPSA) is 75.9 Å². The molecule has 0 heterocycles. The van der Waals surface area contributed by atoms with Crippen molar-refractivity contribution in [2.75, 3.05) is 0 Å². The van der Waals surface area contributed by atoms with E-state index < -0.39 is 5.54 Å². The van der Waals surface area contributed by atoms with Gasteiger partial charge in [-0.3, -0.25) is 0 Å². The first kappa shape index (κ1) is 11.0. The number of allylic oxidation sites excluding steroid dienone is 1. The highest BCUT2D eigenvalue weighted by atomic mass is 16.1. The van der Waals surface area contributed by atoms with Crippen LogP contribution in [0.25, 0.3) is 0 Å². The molecule has 76 valence electrons. The van der Waals surface area contributed by atoms with Gasteiger partial charge in [-0.1, -0.05) is 13.0 Å². The molecule has 1 rings (SSSR count). The first-order chi connectivity index (χ1) is 7.18. The Labute approximate surface area is 85.9 Å². The van der Waals surface area contributed by atoms with E-state index in [1.165, 1.54) is 18.2 Å². The molecule has 0 N–H and O–H groups in total. The Morgan fingerprint density at radius 2 is 2.20 bits per heavy atom. The number of nitrogens with zero attached hydrogens (tertiary/aromatic N) is 2. The predicted octanol–water partition coefficient (Wildman–Crippen LogP) is 0.685. The minimum Gasteiger partial charge on any atom is -0.300 e. The molecule has 0 aromatic carbocycles. The van der Waals surface area contributed by atoms with Gasteiger partial charge in [-0.2, -0.15) is 9.98 Å². The summed E-state index contributed by atoms with van der Waals surface area (Å²) in [6.07, 6.45) is 7.80. The summed E-state index contributed by atoms with van der Waals surface area (Å²) in [5.74, 6) is -0.276. The summed E-state index contributed by atoms with van der Waals surface area (Å²) in [5, 5.41) is 0. The lowest BCUT2D eigenvalue weighted by Crippen LogP contribution is -2.35. The predicted molar refractivity (Wildman–Crippen MR) is 51.4 cm³/mol. The van der Waals surface area contributed by atoms with Gasteiger partial charge in [0, 0.05) is 5.92 Å². The molecule has 0 saturated carbocycles. The van der Waals surface area contributed by atoms with Crippen molar-refractivity contribution in [3.63, 3.8) is 0 Å². The van der Waals surface area contributed by atoms with Crippen LogP contribution < -0.4 is 0 Å². The van der Waals surface area contributed by atoms with Gasteiger partial charge in [-0.25, -0.2) is 9.59 Å². The highest BCUT2D eigenvalue weighted by Crippen LogP contribution is 2.29. The second kappa shape index (κ2) is 4.42. The van der Waals surface area contributed by atoms with Gasteiger partial charge in [-0.05, 0) is 12.2 Å². The van der Waals surface area contributed by atoms with E-state index in [9.17, 15) is 14.4 Å². The second-order valence-corrected chi connectivity index (χ2v) is 3.13. The van der Waals surface area contributed by atoms with Crippen molar-refractivity contribution < 1.29 is 14.4 Å². The number of hydrogen-bond donors (Lipinski definition) is 0. The van der Waals surface area contributed by atoms with Crippen LogP contribution in [0.1, 0.15) is 6.92 Å². The van der Waals surface area contributed by atoms with Gasteiger partial charge >= 0.3 is 0 Å². The third-order valence-corrected chi connectivity index (χ3v) is 2.27. The molecule has 1 aliphatic carbocycles. The molecule has 0 bridgehead atoms. The Hall–Kier alpha value is -2.09. The molecule has 0 spiro atoms. The molecule has 0 amide bonds. The highest BCUT2D eigenvalue weighted by molar-refractivity contribution is 5.73. The van der Waals surface area contributed by atoms with E-state index in [0.717, 1.165) is 0 Å². The molecule has 0 radical (unpaired) electrons. The fraction of sp³-hybridized carbons (Fsp3) is 0.300. The quantitative estimate of drug-likeness (QED) is 0.385. The molecule has 0 fully saturated rings. The zero-order valence-corrected chi connectivity index (χ0v) is 8.01. The summed E-state index contributed by atoms with van der Waals surface area (Å²) < 4.78 is 0. The van der Waals surface area contributed by atoms with Crippen LogP contribution in [0.15, 0.2) is 33.9 Å². The SMILES string of the molecule is CC1C=CC(N=C=O)=CC1(C=O)N=C=O.